The average molecular weight is 833 g/mol. The van der Waals surface area contributed by atoms with Crippen molar-refractivity contribution < 1.29 is 4.42 Å². The third-order valence-corrected chi connectivity index (χ3v) is 18.3. The summed E-state index contributed by atoms with van der Waals surface area (Å²) < 4.78 is 11.2. The fourth-order valence-corrected chi connectivity index (χ4v) is 15.4. The standard InChI is InChI=1S/C60H40N2OSi/c1-4-16-45(17-5-1)64(46-18-6-2-7-19-46,47-20-8-3-9-21-47)48-33-30-43(31-34-48)61-55-25-13-10-23-50(55)52-37-32-44(40-58(52)61)62-56-26-14-11-22-49(56)51-35-28-41(38-57(51)62)42-29-36-54-53-24-12-15-27-59(53)63-60(54)39-42/h1-40H. The molecule has 300 valence electrons. The van der Waals surface area contributed by atoms with E-state index in [4.69, 9.17) is 4.42 Å². The fraction of sp³-hybridized carbons (Fsp3) is 0. The Kier molecular flexibility index (Phi) is 8.23. The Balaban J connectivity index is 0.996. The normalized spacial score (nSPS) is 12.1. The predicted octanol–water partition coefficient (Wildman–Crippen LogP) is 12.8. The van der Waals surface area contributed by atoms with Gasteiger partial charge in [0.2, 0.25) is 0 Å². The van der Waals surface area contributed by atoms with Crippen molar-refractivity contribution in [2.24, 2.45) is 0 Å². The van der Waals surface area contributed by atoms with Crippen LogP contribution in [0, 0.1) is 0 Å². The molecule has 0 saturated carbocycles. The summed E-state index contributed by atoms with van der Waals surface area (Å²) in [5.74, 6) is 0. The minimum atomic E-state index is -2.68. The monoisotopic (exact) mass is 832 g/mol. The summed E-state index contributed by atoms with van der Waals surface area (Å²) in [6.07, 6.45) is 0. The van der Waals surface area contributed by atoms with Crippen LogP contribution in [0.1, 0.15) is 0 Å². The SMILES string of the molecule is c1ccc([Si](c2ccccc2)(c2ccccc2)c2ccc(-n3c4ccccc4c4ccc(-n5c6ccccc6c6ccc(-c7ccc8c(c7)oc7ccccc78)cc65)cc43)cc2)cc1. The number of rotatable bonds is 7. The first kappa shape index (κ1) is 36.5. The first-order valence-electron chi connectivity index (χ1n) is 22.0. The smallest absolute Gasteiger partial charge is 0.179 e. The van der Waals surface area contributed by atoms with Crippen LogP contribution in [-0.2, 0) is 0 Å². The maximum absolute atomic E-state index is 6.33. The highest BCUT2D eigenvalue weighted by atomic mass is 28.3. The van der Waals surface area contributed by atoms with E-state index in [1.807, 2.05) is 12.1 Å². The molecule has 64 heavy (non-hydrogen) atoms. The predicted molar refractivity (Wildman–Crippen MR) is 271 cm³/mol. The van der Waals surface area contributed by atoms with Crippen LogP contribution in [-0.4, -0.2) is 17.2 Å². The molecule has 0 aliphatic rings. The van der Waals surface area contributed by atoms with Gasteiger partial charge in [-0.25, -0.2) is 0 Å². The molecule has 0 N–H and O–H groups in total. The van der Waals surface area contributed by atoms with Gasteiger partial charge in [0.15, 0.2) is 8.07 Å². The molecule has 13 aromatic rings. The van der Waals surface area contributed by atoms with Gasteiger partial charge in [-0.2, -0.15) is 0 Å². The topological polar surface area (TPSA) is 23.0 Å². The molecule has 0 unspecified atom stereocenters. The van der Waals surface area contributed by atoms with Crippen molar-refractivity contribution in [3.05, 3.63) is 243 Å². The number of benzene rings is 10. The lowest BCUT2D eigenvalue weighted by molar-refractivity contribution is 0.669. The number of hydrogen-bond donors (Lipinski definition) is 0. The lowest BCUT2D eigenvalue weighted by Crippen LogP contribution is -2.74. The van der Waals surface area contributed by atoms with Crippen molar-refractivity contribution in [3.63, 3.8) is 0 Å². The second kappa shape index (κ2) is 14.5. The van der Waals surface area contributed by atoms with E-state index in [0.717, 1.165) is 44.4 Å². The molecular weight excluding hydrogens is 793 g/mol. The van der Waals surface area contributed by atoms with Crippen LogP contribution in [0.25, 0.3) is 88.1 Å². The summed E-state index contributed by atoms with van der Waals surface area (Å²) in [6.45, 7) is 0. The lowest BCUT2D eigenvalue weighted by atomic mass is 10.0. The van der Waals surface area contributed by atoms with E-state index in [1.54, 1.807) is 0 Å². The van der Waals surface area contributed by atoms with Crippen LogP contribution < -0.4 is 20.7 Å². The fourth-order valence-electron chi connectivity index (χ4n) is 10.6. The third-order valence-electron chi connectivity index (χ3n) is 13.5. The van der Waals surface area contributed by atoms with E-state index in [9.17, 15) is 0 Å². The third kappa shape index (κ3) is 5.46. The molecule has 3 nitrogen and oxygen atoms in total. The van der Waals surface area contributed by atoms with Crippen molar-refractivity contribution in [1.29, 1.82) is 0 Å². The van der Waals surface area contributed by atoms with Crippen molar-refractivity contribution in [3.8, 4) is 22.5 Å². The van der Waals surface area contributed by atoms with Crippen LogP contribution in [0.2, 0.25) is 0 Å². The molecule has 0 aliphatic heterocycles. The van der Waals surface area contributed by atoms with E-state index in [2.05, 4.69) is 240 Å². The van der Waals surface area contributed by atoms with Crippen molar-refractivity contribution >= 4 is 94.4 Å². The number of furan rings is 1. The molecule has 4 heteroatoms. The van der Waals surface area contributed by atoms with Gasteiger partial charge >= 0.3 is 0 Å². The van der Waals surface area contributed by atoms with Gasteiger partial charge < -0.3 is 13.6 Å². The molecule has 10 aromatic carbocycles. The van der Waals surface area contributed by atoms with E-state index >= 15 is 0 Å². The molecule has 0 bridgehead atoms. The van der Waals surface area contributed by atoms with Gasteiger partial charge in [-0.15, -0.1) is 0 Å². The van der Waals surface area contributed by atoms with Gasteiger partial charge in [0, 0.05) is 43.7 Å². The highest BCUT2D eigenvalue weighted by Crippen LogP contribution is 2.39. The van der Waals surface area contributed by atoms with Gasteiger partial charge in [0.1, 0.15) is 11.2 Å². The minimum Gasteiger partial charge on any atom is -0.456 e. The van der Waals surface area contributed by atoms with Crippen LogP contribution >= 0.6 is 0 Å². The second-order valence-electron chi connectivity index (χ2n) is 16.8. The minimum absolute atomic E-state index is 0.902. The zero-order valence-corrected chi connectivity index (χ0v) is 35.9. The van der Waals surface area contributed by atoms with E-state index in [1.165, 1.54) is 64.4 Å². The number of para-hydroxylation sites is 3. The summed E-state index contributed by atoms with van der Waals surface area (Å²) in [5, 5.41) is 12.7. The van der Waals surface area contributed by atoms with Crippen LogP contribution in [0.15, 0.2) is 247 Å². The van der Waals surface area contributed by atoms with Gasteiger partial charge in [-0.05, 0) is 92.5 Å². The van der Waals surface area contributed by atoms with Gasteiger partial charge in [-0.3, -0.25) is 0 Å². The van der Waals surface area contributed by atoms with Crippen LogP contribution in [0.4, 0.5) is 0 Å². The van der Waals surface area contributed by atoms with Crippen LogP contribution in [0.3, 0.4) is 0 Å². The Labute approximate surface area is 371 Å². The molecule has 0 spiro atoms. The lowest BCUT2D eigenvalue weighted by Gasteiger charge is -2.34. The Morgan fingerprint density at radius 2 is 0.672 bits per heavy atom. The quantitative estimate of drug-likeness (QED) is 0.116. The van der Waals surface area contributed by atoms with E-state index in [0.29, 0.717) is 0 Å². The molecule has 0 aliphatic carbocycles. The Morgan fingerprint density at radius 1 is 0.266 bits per heavy atom. The van der Waals surface area contributed by atoms with Gasteiger partial charge in [0.25, 0.3) is 0 Å². The largest absolute Gasteiger partial charge is 0.456 e. The molecule has 0 saturated heterocycles. The molecular formula is C60H40N2OSi. The zero-order chi connectivity index (χ0) is 42.2. The Hall–Kier alpha value is -8.18. The molecule has 0 atom stereocenters. The first-order chi connectivity index (χ1) is 31.7. The summed E-state index contributed by atoms with van der Waals surface area (Å²) in [4.78, 5) is 0. The number of fused-ring (bicyclic) bond motifs is 9. The van der Waals surface area contributed by atoms with Crippen molar-refractivity contribution in [1.82, 2.24) is 9.13 Å². The number of hydrogen-bond acceptors (Lipinski definition) is 1. The van der Waals surface area contributed by atoms with Crippen molar-refractivity contribution in [2.75, 3.05) is 0 Å². The maximum atomic E-state index is 6.33. The van der Waals surface area contributed by atoms with E-state index < -0.39 is 8.07 Å². The molecule has 13 rings (SSSR count). The molecule has 3 aromatic heterocycles. The molecule has 3 heterocycles. The summed E-state index contributed by atoms with van der Waals surface area (Å²) in [6, 6.07) is 89.3. The zero-order valence-electron chi connectivity index (χ0n) is 34.9. The highest BCUT2D eigenvalue weighted by Gasteiger charge is 2.41. The van der Waals surface area contributed by atoms with Gasteiger partial charge in [-0.1, -0.05) is 182 Å². The first-order valence-corrected chi connectivity index (χ1v) is 24.0. The Bertz CT molecular complexity index is 3790. The van der Waals surface area contributed by atoms with E-state index in [-0.39, 0.29) is 0 Å². The number of nitrogens with zero attached hydrogens (tertiary/aromatic N) is 2. The maximum Gasteiger partial charge on any atom is 0.179 e. The number of aromatic nitrogens is 2. The summed E-state index contributed by atoms with van der Waals surface area (Å²) >= 11 is 0. The summed E-state index contributed by atoms with van der Waals surface area (Å²) in [5.41, 5.74) is 11.0. The van der Waals surface area contributed by atoms with Gasteiger partial charge in [0.05, 0.1) is 22.1 Å². The average Bonchev–Trinajstić information content (AvgIpc) is 4.02. The van der Waals surface area contributed by atoms with Crippen molar-refractivity contribution in [2.45, 2.75) is 0 Å². The highest BCUT2D eigenvalue weighted by molar-refractivity contribution is 7.19. The molecule has 0 fully saturated rings. The molecule has 0 radical (unpaired) electrons. The van der Waals surface area contributed by atoms with Crippen LogP contribution in [0.5, 0.6) is 0 Å². The Morgan fingerprint density at radius 3 is 1.28 bits per heavy atom. The summed E-state index contributed by atoms with van der Waals surface area (Å²) in [7, 11) is -2.68. The second-order valence-corrected chi connectivity index (χ2v) is 20.7. The molecule has 0 amide bonds.